The topological polar surface area (TPSA) is 254 Å². The van der Waals surface area contributed by atoms with Gasteiger partial charge in [0.05, 0.1) is 61.5 Å². The SMILES string of the molecule is COC(=O)c1c(CNC(C)=O)nc(-c2nc(CNC(C)=O)c(C(=O)OC)c(NC(=O)OC(C)(C)C)c2-c2c(C)ccc(O)c2C)c(-c2c(C)ccc(O)c2C)c1NC(=O)OC(C)(C)C. The largest absolute Gasteiger partial charge is 0.508 e. The second-order valence-electron chi connectivity index (χ2n) is 16.9. The average Bonchev–Trinajstić information content (AvgIpc) is 3.18. The molecule has 342 valence electrons. The van der Waals surface area contributed by atoms with E-state index in [1.54, 1.807) is 81.4 Å². The number of phenolic OH excluding ortho intramolecular Hbond substituents is 2. The van der Waals surface area contributed by atoms with Crippen LogP contribution in [0.25, 0.3) is 33.6 Å². The molecule has 0 bridgehead atoms. The Hall–Kier alpha value is -7.24. The fourth-order valence-electron chi connectivity index (χ4n) is 6.92. The van der Waals surface area contributed by atoms with Gasteiger partial charge in [0.25, 0.3) is 0 Å². The predicted molar refractivity (Wildman–Crippen MR) is 238 cm³/mol. The first-order chi connectivity index (χ1) is 29.7. The summed E-state index contributed by atoms with van der Waals surface area (Å²) in [4.78, 5) is 91.2. The van der Waals surface area contributed by atoms with Crippen LogP contribution in [0.1, 0.15) is 110 Å². The Morgan fingerprint density at radius 3 is 1.17 bits per heavy atom. The molecule has 0 fully saturated rings. The zero-order valence-electron chi connectivity index (χ0n) is 38.6. The van der Waals surface area contributed by atoms with Crippen LogP contribution in [-0.2, 0) is 41.6 Å². The number of benzene rings is 2. The fourth-order valence-corrected chi connectivity index (χ4v) is 6.92. The summed E-state index contributed by atoms with van der Waals surface area (Å²) in [5, 5.41) is 33.3. The van der Waals surface area contributed by atoms with Gasteiger partial charge in [-0.3, -0.25) is 20.2 Å². The maximum atomic E-state index is 14.1. The first-order valence-electron chi connectivity index (χ1n) is 20.1. The molecular formula is C46H56N6O12. The lowest BCUT2D eigenvalue weighted by atomic mass is 9.85. The van der Waals surface area contributed by atoms with Crippen LogP contribution in [0, 0.1) is 27.7 Å². The van der Waals surface area contributed by atoms with Gasteiger partial charge in [-0.15, -0.1) is 0 Å². The van der Waals surface area contributed by atoms with E-state index in [1.165, 1.54) is 26.0 Å². The molecule has 2 aromatic heterocycles. The maximum absolute atomic E-state index is 14.1. The number of aromatic hydroxyl groups is 2. The van der Waals surface area contributed by atoms with Gasteiger partial charge in [-0.25, -0.2) is 29.1 Å². The third-order valence-electron chi connectivity index (χ3n) is 9.60. The number of ether oxygens (including phenoxy) is 4. The fraction of sp³-hybridized carbons (Fsp3) is 0.391. The van der Waals surface area contributed by atoms with Crippen LogP contribution in [0.15, 0.2) is 24.3 Å². The number of phenols is 2. The molecule has 0 spiro atoms. The first kappa shape index (κ1) is 49.4. The van der Waals surface area contributed by atoms with Crippen LogP contribution >= 0.6 is 0 Å². The number of hydrogen-bond donors (Lipinski definition) is 6. The van der Waals surface area contributed by atoms with Gasteiger partial charge in [0.1, 0.15) is 33.8 Å². The summed E-state index contributed by atoms with van der Waals surface area (Å²) >= 11 is 0. The molecule has 18 heteroatoms. The van der Waals surface area contributed by atoms with Crippen molar-refractivity contribution in [2.45, 2.75) is 107 Å². The van der Waals surface area contributed by atoms with Crippen LogP contribution in [0.2, 0.25) is 0 Å². The Morgan fingerprint density at radius 1 is 0.562 bits per heavy atom. The molecule has 0 saturated carbocycles. The van der Waals surface area contributed by atoms with E-state index in [4.69, 9.17) is 28.9 Å². The minimum Gasteiger partial charge on any atom is -0.508 e. The Bertz CT molecular complexity index is 2380. The predicted octanol–water partition coefficient (Wildman–Crippen LogP) is 7.66. The number of aromatic nitrogens is 2. The number of aryl methyl sites for hydroxylation is 2. The van der Waals surface area contributed by atoms with Gasteiger partial charge in [0.15, 0.2) is 0 Å². The number of rotatable bonds is 11. The van der Waals surface area contributed by atoms with Gasteiger partial charge < -0.3 is 39.8 Å². The lowest BCUT2D eigenvalue weighted by Gasteiger charge is -2.28. The van der Waals surface area contributed by atoms with Crippen LogP contribution in [0.4, 0.5) is 21.0 Å². The highest BCUT2D eigenvalue weighted by Crippen LogP contribution is 2.50. The highest BCUT2D eigenvalue weighted by atomic mass is 16.6. The van der Waals surface area contributed by atoms with Crippen molar-refractivity contribution in [3.63, 3.8) is 0 Å². The number of hydrogen-bond acceptors (Lipinski definition) is 14. The van der Waals surface area contributed by atoms with Crippen molar-refractivity contribution in [3.05, 3.63) is 69.0 Å². The van der Waals surface area contributed by atoms with Gasteiger partial charge in [0.2, 0.25) is 11.8 Å². The third-order valence-corrected chi connectivity index (χ3v) is 9.60. The number of carbonyl (C=O) groups is 6. The van der Waals surface area contributed by atoms with Gasteiger partial charge in [-0.05, 0) is 115 Å². The highest BCUT2D eigenvalue weighted by molar-refractivity contribution is 6.13. The van der Waals surface area contributed by atoms with Gasteiger partial charge in [-0.1, -0.05) is 12.1 Å². The lowest BCUT2D eigenvalue weighted by molar-refractivity contribution is -0.120. The quantitative estimate of drug-likeness (QED) is 0.0625. The first-order valence-corrected chi connectivity index (χ1v) is 20.1. The molecule has 2 heterocycles. The minimum absolute atomic E-state index is 0.0348. The summed E-state index contributed by atoms with van der Waals surface area (Å²) in [6.45, 7) is 18.0. The molecule has 64 heavy (non-hydrogen) atoms. The lowest BCUT2D eigenvalue weighted by Crippen LogP contribution is -2.30. The van der Waals surface area contributed by atoms with Gasteiger partial charge in [-0.2, -0.15) is 0 Å². The number of nitrogens with zero attached hydrogens (tertiary/aromatic N) is 2. The van der Waals surface area contributed by atoms with Crippen molar-refractivity contribution in [3.8, 4) is 45.1 Å². The van der Waals surface area contributed by atoms with E-state index >= 15 is 0 Å². The molecule has 0 radical (unpaired) electrons. The summed E-state index contributed by atoms with van der Waals surface area (Å²) in [7, 11) is 2.23. The number of amides is 4. The Morgan fingerprint density at radius 2 is 0.891 bits per heavy atom. The molecule has 6 N–H and O–H groups in total. The molecule has 2 aromatic carbocycles. The molecular weight excluding hydrogens is 829 g/mol. The minimum atomic E-state index is -1.05. The van der Waals surface area contributed by atoms with Crippen molar-refractivity contribution < 1.29 is 57.9 Å². The van der Waals surface area contributed by atoms with E-state index in [9.17, 15) is 39.0 Å². The Balaban J connectivity index is 2.55. The molecule has 0 unspecified atom stereocenters. The van der Waals surface area contributed by atoms with Crippen molar-refractivity contribution in [2.24, 2.45) is 0 Å². The maximum Gasteiger partial charge on any atom is 0.412 e. The van der Waals surface area contributed by atoms with E-state index in [-0.39, 0.29) is 90.2 Å². The Labute approximate surface area is 371 Å². The zero-order chi connectivity index (χ0) is 48.2. The smallest absolute Gasteiger partial charge is 0.412 e. The normalized spacial score (nSPS) is 11.3. The summed E-state index contributed by atoms with van der Waals surface area (Å²) in [6, 6.07) is 6.10. The Kier molecular flexibility index (Phi) is 15.0. The van der Waals surface area contributed by atoms with Crippen molar-refractivity contribution in [2.75, 3.05) is 24.9 Å². The van der Waals surface area contributed by atoms with E-state index in [1.807, 2.05) is 0 Å². The molecule has 0 aliphatic heterocycles. The molecule has 0 aliphatic carbocycles. The number of esters is 2. The van der Waals surface area contributed by atoms with Crippen LogP contribution in [-0.4, -0.2) is 81.5 Å². The van der Waals surface area contributed by atoms with Gasteiger partial charge >= 0.3 is 24.1 Å². The average molecular weight is 885 g/mol. The zero-order valence-corrected chi connectivity index (χ0v) is 38.6. The number of nitrogens with one attached hydrogen (secondary N) is 4. The highest BCUT2D eigenvalue weighted by Gasteiger charge is 2.36. The molecule has 0 atom stereocenters. The van der Waals surface area contributed by atoms with E-state index in [0.29, 0.717) is 11.1 Å². The summed E-state index contributed by atoms with van der Waals surface area (Å²) in [6.07, 6.45) is -2.05. The van der Waals surface area contributed by atoms with E-state index in [0.717, 1.165) is 14.2 Å². The standard InChI is InChI=1S/C46H56N6O12/c1-21-15-17-29(55)23(3)31(21)35-37(51-43(59)63-45(7,8)9)33(41(57)61-13)27(19-47-25(5)53)49-39(35)40-36(32-22(2)16-18-30(56)24(32)4)38(52-44(60)64-46(10,11)12)34(42(58)62-14)28(50-40)20-48-26(6)54/h15-18,55-56H,19-20H2,1-14H3,(H,47,53)(H,48,54)(H,49,51,59)(H,50,52,60). The number of carbonyl (C=O) groups excluding carboxylic acids is 6. The van der Waals surface area contributed by atoms with Crippen LogP contribution in [0.5, 0.6) is 11.5 Å². The molecule has 4 rings (SSSR count). The van der Waals surface area contributed by atoms with E-state index in [2.05, 4.69) is 21.3 Å². The molecule has 0 saturated heterocycles. The van der Waals surface area contributed by atoms with Crippen molar-refractivity contribution in [1.82, 2.24) is 20.6 Å². The number of methoxy groups -OCH3 is 2. The van der Waals surface area contributed by atoms with Crippen LogP contribution < -0.4 is 21.3 Å². The number of pyridine rings is 2. The number of anilines is 2. The third kappa shape index (κ3) is 11.2. The summed E-state index contributed by atoms with van der Waals surface area (Å²) in [5.74, 6) is -3.39. The summed E-state index contributed by atoms with van der Waals surface area (Å²) in [5.41, 5.74) is -1.92. The van der Waals surface area contributed by atoms with Crippen molar-refractivity contribution >= 4 is 47.3 Å². The second-order valence-corrected chi connectivity index (χ2v) is 16.9. The monoisotopic (exact) mass is 884 g/mol. The second kappa shape index (κ2) is 19.4. The van der Waals surface area contributed by atoms with E-state index < -0.39 is 60.2 Å². The van der Waals surface area contributed by atoms with Crippen LogP contribution in [0.3, 0.4) is 0 Å². The molecule has 4 aromatic rings. The van der Waals surface area contributed by atoms with Crippen molar-refractivity contribution in [1.29, 1.82) is 0 Å². The summed E-state index contributed by atoms with van der Waals surface area (Å²) < 4.78 is 21.9. The molecule has 0 aliphatic rings. The molecule has 4 amide bonds. The van der Waals surface area contributed by atoms with Gasteiger partial charge in [0, 0.05) is 25.0 Å². The molecule has 18 nitrogen and oxygen atoms in total.